The third kappa shape index (κ3) is 4.39. The average molecular weight is 435 g/mol. The Kier molecular flexibility index (Phi) is 6.15. The number of rotatable bonds is 4. The van der Waals surface area contributed by atoms with Gasteiger partial charge in [0.25, 0.3) is 0 Å². The number of ether oxygens (including phenoxy) is 1. The zero-order chi connectivity index (χ0) is 22.1. The Labute approximate surface area is 191 Å². The van der Waals surface area contributed by atoms with Gasteiger partial charge in [-0.3, -0.25) is 19.6 Å². The maximum absolute atomic E-state index is 13.1. The summed E-state index contributed by atoms with van der Waals surface area (Å²) in [6, 6.07) is 13.5. The number of hydrogen-bond acceptors (Lipinski definition) is 5. The minimum absolute atomic E-state index is 0.286. The number of carbonyl (C=O) groups excluding carboxylic acids is 1. The zero-order valence-corrected chi connectivity index (χ0v) is 19.3. The Hall–Kier alpha value is -2.44. The van der Waals surface area contributed by atoms with E-state index in [1.165, 1.54) is 24.8 Å². The van der Waals surface area contributed by atoms with Gasteiger partial charge in [-0.1, -0.05) is 12.5 Å². The van der Waals surface area contributed by atoms with Gasteiger partial charge in [0.2, 0.25) is 5.91 Å². The number of methoxy groups -OCH3 is 1. The van der Waals surface area contributed by atoms with Crippen LogP contribution in [0.2, 0.25) is 0 Å². The second-order valence-corrected chi connectivity index (χ2v) is 9.50. The summed E-state index contributed by atoms with van der Waals surface area (Å²) in [6.45, 7) is 7.34. The monoisotopic (exact) mass is 434 g/mol. The number of nitrogens with zero attached hydrogens (tertiary/aromatic N) is 4. The first-order chi connectivity index (χ1) is 15.6. The summed E-state index contributed by atoms with van der Waals surface area (Å²) in [5.41, 5.74) is 4.50. The van der Waals surface area contributed by atoms with Gasteiger partial charge in [-0.25, -0.2) is 0 Å². The number of hydrogen-bond donors (Lipinski definition) is 0. The van der Waals surface area contributed by atoms with Crippen LogP contribution < -0.4 is 4.74 Å². The van der Waals surface area contributed by atoms with E-state index in [2.05, 4.69) is 33.8 Å². The summed E-state index contributed by atoms with van der Waals surface area (Å²) < 4.78 is 5.25. The largest absolute Gasteiger partial charge is 0.497 e. The summed E-state index contributed by atoms with van der Waals surface area (Å²) in [7, 11) is 1.68. The number of aromatic nitrogens is 1. The molecule has 0 bridgehead atoms. The molecule has 5 rings (SSSR count). The van der Waals surface area contributed by atoms with Crippen molar-refractivity contribution in [3.8, 4) is 17.0 Å². The number of piperazine rings is 1. The smallest absolute Gasteiger partial charge is 0.236 e. The summed E-state index contributed by atoms with van der Waals surface area (Å²) in [4.78, 5) is 25.0. The highest BCUT2D eigenvalue weighted by atomic mass is 16.5. The molecule has 170 valence electrons. The van der Waals surface area contributed by atoms with Crippen LogP contribution in [0.5, 0.6) is 5.75 Å². The SMILES string of the molecule is COc1ccc(-c2ccc3c(n2)CCN(CC(=O)N2CCN4C(C)CCCC4C2)C3)cc1. The molecule has 1 aromatic carbocycles. The van der Waals surface area contributed by atoms with Crippen molar-refractivity contribution in [3.63, 3.8) is 0 Å². The first-order valence-corrected chi connectivity index (χ1v) is 12.0. The number of pyridine rings is 1. The lowest BCUT2D eigenvalue weighted by Crippen LogP contribution is -2.59. The second-order valence-electron chi connectivity index (χ2n) is 9.50. The van der Waals surface area contributed by atoms with E-state index in [4.69, 9.17) is 9.72 Å². The van der Waals surface area contributed by atoms with E-state index in [1.54, 1.807) is 7.11 Å². The van der Waals surface area contributed by atoms with Gasteiger partial charge >= 0.3 is 0 Å². The van der Waals surface area contributed by atoms with Crippen LogP contribution in [0.15, 0.2) is 36.4 Å². The Morgan fingerprint density at radius 2 is 1.94 bits per heavy atom. The van der Waals surface area contributed by atoms with Crippen LogP contribution in [0, 0.1) is 0 Å². The highest BCUT2D eigenvalue weighted by Gasteiger charge is 2.34. The zero-order valence-electron chi connectivity index (χ0n) is 19.3. The van der Waals surface area contributed by atoms with Crippen LogP contribution in [0.25, 0.3) is 11.3 Å². The molecule has 6 nitrogen and oxygen atoms in total. The van der Waals surface area contributed by atoms with Gasteiger partial charge < -0.3 is 9.64 Å². The fourth-order valence-electron chi connectivity index (χ4n) is 5.57. The molecular weight excluding hydrogens is 400 g/mol. The molecule has 0 radical (unpaired) electrons. The van der Waals surface area contributed by atoms with Crippen LogP contribution in [0.4, 0.5) is 0 Å². The van der Waals surface area contributed by atoms with Gasteiger partial charge in [-0.05, 0) is 55.7 Å². The minimum atomic E-state index is 0.286. The van der Waals surface area contributed by atoms with E-state index in [1.807, 2.05) is 24.3 Å². The predicted molar refractivity (Wildman–Crippen MR) is 126 cm³/mol. The second kappa shape index (κ2) is 9.20. The van der Waals surface area contributed by atoms with E-state index in [-0.39, 0.29) is 5.91 Å². The van der Waals surface area contributed by atoms with Gasteiger partial charge in [-0.2, -0.15) is 0 Å². The Balaban J connectivity index is 1.19. The molecule has 1 aromatic heterocycles. The van der Waals surface area contributed by atoms with Gasteiger partial charge in [0.05, 0.1) is 19.3 Å². The van der Waals surface area contributed by atoms with Crippen LogP contribution in [-0.2, 0) is 17.8 Å². The highest BCUT2D eigenvalue weighted by Crippen LogP contribution is 2.27. The summed E-state index contributed by atoms with van der Waals surface area (Å²) in [5.74, 6) is 1.14. The van der Waals surface area contributed by atoms with Gasteiger partial charge in [0.1, 0.15) is 5.75 Å². The fourth-order valence-corrected chi connectivity index (χ4v) is 5.57. The molecule has 0 aliphatic carbocycles. The molecule has 2 saturated heterocycles. The molecule has 2 unspecified atom stereocenters. The van der Waals surface area contributed by atoms with E-state index in [0.717, 1.165) is 61.8 Å². The van der Waals surface area contributed by atoms with Crippen molar-refractivity contribution in [2.24, 2.45) is 0 Å². The number of carbonyl (C=O) groups is 1. The molecule has 2 atom stereocenters. The van der Waals surface area contributed by atoms with Crippen molar-refractivity contribution >= 4 is 5.91 Å². The number of piperidine rings is 1. The highest BCUT2D eigenvalue weighted by molar-refractivity contribution is 5.78. The lowest BCUT2D eigenvalue weighted by molar-refractivity contribution is -0.137. The van der Waals surface area contributed by atoms with Crippen molar-refractivity contribution in [2.75, 3.05) is 39.8 Å². The number of benzene rings is 1. The van der Waals surface area contributed by atoms with Gasteiger partial charge in [-0.15, -0.1) is 0 Å². The topological polar surface area (TPSA) is 48.9 Å². The van der Waals surface area contributed by atoms with Crippen LogP contribution in [-0.4, -0.2) is 77.5 Å². The molecule has 2 fully saturated rings. The quantitative estimate of drug-likeness (QED) is 0.740. The molecule has 6 heteroatoms. The Bertz CT molecular complexity index is 961. The van der Waals surface area contributed by atoms with Crippen molar-refractivity contribution < 1.29 is 9.53 Å². The van der Waals surface area contributed by atoms with Crippen molar-refractivity contribution in [2.45, 2.75) is 51.2 Å². The maximum Gasteiger partial charge on any atom is 0.236 e. The van der Waals surface area contributed by atoms with E-state index >= 15 is 0 Å². The molecule has 0 saturated carbocycles. The molecule has 0 spiro atoms. The molecule has 32 heavy (non-hydrogen) atoms. The van der Waals surface area contributed by atoms with E-state index < -0.39 is 0 Å². The minimum Gasteiger partial charge on any atom is -0.497 e. The van der Waals surface area contributed by atoms with Crippen LogP contribution in [0.3, 0.4) is 0 Å². The molecule has 1 amide bonds. The van der Waals surface area contributed by atoms with Gasteiger partial charge in [0.15, 0.2) is 0 Å². The summed E-state index contributed by atoms with van der Waals surface area (Å²) >= 11 is 0. The molecule has 2 aromatic rings. The van der Waals surface area contributed by atoms with Gasteiger partial charge in [0, 0.05) is 62.5 Å². The average Bonchev–Trinajstić information content (AvgIpc) is 2.83. The first kappa shape index (κ1) is 21.4. The fraction of sp³-hybridized carbons (Fsp3) is 0.538. The first-order valence-electron chi connectivity index (χ1n) is 12.0. The van der Waals surface area contributed by atoms with E-state index in [9.17, 15) is 4.79 Å². The molecule has 3 aliphatic heterocycles. The normalized spacial score (nSPS) is 24.0. The van der Waals surface area contributed by atoms with Crippen molar-refractivity contribution in [1.29, 1.82) is 0 Å². The standard InChI is InChI=1S/C26H34N4O2/c1-19-4-3-5-22-17-29(14-15-30(19)22)26(31)18-28-13-12-25-21(16-28)8-11-24(27-25)20-6-9-23(32-2)10-7-20/h6-11,19,22H,3-5,12-18H2,1-2H3. The molecular formula is C26H34N4O2. The van der Waals surface area contributed by atoms with Crippen LogP contribution in [0.1, 0.15) is 37.4 Å². The molecule has 0 N–H and O–H groups in total. The maximum atomic E-state index is 13.1. The van der Waals surface area contributed by atoms with Crippen molar-refractivity contribution in [3.05, 3.63) is 47.7 Å². The molecule has 3 aliphatic rings. The summed E-state index contributed by atoms with van der Waals surface area (Å²) in [6.07, 6.45) is 4.71. The lowest BCUT2D eigenvalue weighted by atomic mass is 9.94. The molecule has 4 heterocycles. The Morgan fingerprint density at radius 3 is 2.75 bits per heavy atom. The van der Waals surface area contributed by atoms with E-state index in [0.29, 0.717) is 18.6 Å². The number of fused-ring (bicyclic) bond motifs is 2. The van der Waals surface area contributed by atoms with Crippen LogP contribution >= 0.6 is 0 Å². The van der Waals surface area contributed by atoms with Crippen molar-refractivity contribution in [1.82, 2.24) is 19.7 Å². The summed E-state index contributed by atoms with van der Waals surface area (Å²) in [5, 5.41) is 0. The lowest BCUT2D eigenvalue weighted by Gasteiger charge is -2.47. The number of amides is 1. The third-order valence-electron chi connectivity index (χ3n) is 7.48. The third-order valence-corrected chi connectivity index (χ3v) is 7.48. The Morgan fingerprint density at radius 1 is 1.09 bits per heavy atom. The predicted octanol–water partition coefficient (Wildman–Crippen LogP) is 3.20.